The highest BCUT2D eigenvalue weighted by Gasteiger charge is 2.17. The summed E-state index contributed by atoms with van der Waals surface area (Å²) in [6.45, 7) is 0.449. The van der Waals surface area contributed by atoms with Gasteiger partial charge in [-0.25, -0.2) is 4.39 Å². The lowest BCUT2D eigenvalue weighted by Gasteiger charge is -2.08. The van der Waals surface area contributed by atoms with Crippen molar-refractivity contribution in [1.29, 1.82) is 0 Å². The first-order valence-corrected chi connectivity index (χ1v) is 10.7. The highest BCUT2D eigenvalue weighted by Crippen LogP contribution is 2.28. The molecule has 4 rings (SSSR count). The second-order valence-corrected chi connectivity index (χ2v) is 8.21. The van der Waals surface area contributed by atoms with Crippen LogP contribution in [0.4, 0.5) is 10.1 Å². The van der Waals surface area contributed by atoms with E-state index in [1.54, 1.807) is 17.6 Å². The van der Waals surface area contributed by atoms with Gasteiger partial charge in [-0.2, -0.15) is 0 Å². The van der Waals surface area contributed by atoms with Crippen LogP contribution in [-0.4, -0.2) is 26.4 Å². The van der Waals surface area contributed by atoms with Crippen LogP contribution in [0.2, 0.25) is 5.02 Å². The van der Waals surface area contributed by atoms with E-state index in [-0.39, 0.29) is 16.7 Å². The predicted octanol–water partition coefficient (Wildman–Crippen LogP) is 5.17. The number of aromatic nitrogens is 3. The van der Waals surface area contributed by atoms with Crippen LogP contribution < -0.4 is 5.32 Å². The van der Waals surface area contributed by atoms with Gasteiger partial charge in [0.25, 0.3) is 0 Å². The van der Waals surface area contributed by atoms with Gasteiger partial charge in [0.15, 0.2) is 11.0 Å². The number of nitrogens with zero attached hydrogens (tertiary/aromatic N) is 3. The maximum atomic E-state index is 13.3. The molecule has 6 nitrogen and oxygen atoms in total. The monoisotopic (exact) mass is 448 g/mol. The Hall–Kier alpha value is -2.62. The average molecular weight is 449 g/mol. The molecule has 29 heavy (non-hydrogen) atoms. The van der Waals surface area contributed by atoms with Gasteiger partial charge >= 0.3 is 0 Å². The van der Waals surface area contributed by atoms with Gasteiger partial charge in [0.1, 0.15) is 11.6 Å². The highest BCUT2D eigenvalue weighted by molar-refractivity contribution is 7.99. The minimum absolute atomic E-state index is 0.0470. The Kier molecular flexibility index (Phi) is 5.98. The number of rotatable bonds is 7. The van der Waals surface area contributed by atoms with Crippen LogP contribution in [0, 0.1) is 5.82 Å². The average Bonchev–Trinajstić information content (AvgIpc) is 3.45. The molecule has 0 saturated carbocycles. The third-order valence-corrected chi connectivity index (χ3v) is 6.01. The van der Waals surface area contributed by atoms with Crippen LogP contribution in [0.25, 0.3) is 10.7 Å². The number of benzene rings is 1. The molecule has 4 aromatic rings. The number of halogens is 2. The zero-order valence-corrected chi connectivity index (χ0v) is 17.2. The Morgan fingerprint density at radius 3 is 2.90 bits per heavy atom. The Balaban J connectivity index is 1.49. The summed E-state index contributed by atoms with van der Waals surface area (Å²) >= 11 is 8.56. The SMILES string of the molecule is O=C(CSc1nnc(-c2cccs2)n1Cc1ccco1)Nc1ccc(F)c(Cl)c1. The molecular weight excluding hydrogens is 435 g/mol. The number of carbonyl (C=O) groups excluding carboxylic acids is 1. The Morgan fingerprint density at radius 1 is 1.28 bits per heavy atom. The fraction of sp³-hybridized carbons (Fsp3) is 0.105. The first kappa shape index (κ1) is 19.7. The van der Waals surface area contributed by atoms with E-state index >= 15 is 0 Å². The molecule has 1 N–H and O–H groups in total. The quantitative estimate of drug-likeness (QED) is 0.395. The molecule has 3 aromatic heterocycles. The molecule has 0 atom stereocenters. The second kappa shape index (κ2) is 8.81. The lowest BCUT2D eigenvalue weighted by Crippen LogP contribution is -2.15. The smallest absolute Gasteiger partial charge is 0.234 e. The number of nitrogens with one attached hydrogen (secondary N) is 1. The molecule has 0 bridgehead atoms. The van der Waals surface area contributed by atoms with E-state index in [0.717, 1.165) is 10.6 Å². The normalized spacial score (nSPS) is 11.0. The minimum atomic E-state index is -0.536. The van der Waals surface area contributed by atoms with E-state index in [4.69, 9.17) is 16.0 Å². The Labute approximate surface area is 178 Å². The highest BCUT2D eigenvalue weighted by atomic mass is 35.5. The van der Waals surface area contributed by atoms with Gasteiger partial charge in [-0.05, 0) is 41.8 Å². The van der Waals surface area contributed by atoms with Gasteiger partial charge in [0.05, 0.1) is 28.5 Å². The van der Waals surface area contributed by atoms with Crippen molar-refractivity contribution >= 4 is 46.3 Å². The van der Waals surface area contributed by atoms with Gasteiger partial charge < -0.3 is 9.73 Å². The fourth-order valence-electron chi connectivity index (χ4n) is 2.59. The number of thiophene rings is 1. The van der Waals surface area contributed by atoms with E-state index in [0.29, 0.717) is 23.2 Å². The van der Waals surface area contributed by atoms with E-state index in [1.807, 2.05) is 34.2 Å². The molecule has 0 saturated heterocycles. The van der Waals surface area contributed by atoms with E-state index in [2.05, 4.69) is 15.5 Å². The molecule has 0 spiro atoms. The van der Waals surface area contributed by atoms with Gasteiger partial charge in [-0.3, -0.25) is 9.36 Å². The standard InChI is InChI=1S/C19H14ClFN4O2S2/c20-14-9-12(5-6-15(14)21)22-17(26)11-29-19-24-23-18(16-4-2-8-28-16)25(19)10-13-3-1-7-27-13/h1-9H,10-11H2,(H,22,26). The Morgan fingerprint density at radius 2 is 2.17 bits per heavy atom. The van der Waals surface area contributed by atoms with Crippen LogP contribution in [0.3, 0.4) is 0 Å². The first-order valence-electron chi connectivity index (χ1n) is 8.47. The van der Waals surface area contributed by atoms with Gasteiger partial charge in [0.2, 0.25) is 5.91 Å². The lowest BCUT2D eigenvalue weighted by atomic mass is 10.3. The summed E-state index contributed by atoms with van der Waals surface area (Å²) in [4.78, 5) is 13.3. The van der Waals surface area contributed by atoms with Crippen molar-refractivity contribution in [3.05, 3.63) is 70.7 Å². The van der Waals surface area contributed by atoms with E-state index in [9.17, 15) is 9.18 Å². The van der Waals surface area contributed by atoms with Crippen LogP contribution in [0.5, 0.6) is 0 Å². The van der Waals surface area contributed by atoms with Crippen LogP contribution in [0.15, 0.2) is 63.7 Å². The topological polar surface area (TPSA) is 73.0 Å². The molecule has 0 aliphatic carbocycles. The Bertz CT molecular complexity index is 1110. The molecule has 0 aliphatic heterocycles. The van der Waals surface area contributed by atoms with Crippen LogP contribution >= 0.6 is 34.7 Å². The largest absolute Gasteiger partial charge is 0.467 e. The molecular formula is C19H14ClFN4O2S2. The summed E-state index contributed by atoms with van der Waals surface area (Å²) in [6.07, 6.45) is 1.61. The number of hydrogen-bond acceptors (Lipinski definition) is 6. The zero-order chi connectivity index (χ0) is 20.2. The third kappa shape index (κ3) is 4.69. The summed E-state index contributed by atoms with van der Waals surface area (Å²) < 4.78 is 20.6. The summed E-state index contributed by atoms with van der Waals surface area (Å²) in [5.74, 6) is 0.781. The minimum Gasteiger partial charge on any atom is -0.467 e. The third-order valence-electron chi connectivity index (χ3n) is 3.89. The molecule has 10 heteroatoms. The molecule has 0 radical (unpaired) electrons. The molecule has 3 heterocycles. The number of carbonyl (C=O) groups is 1. The zero-order valence-electron chi connectivity index (χ0n) is 14.8. The summed E-state index contributed by atoms with van der Waals surface area (Å²) in [6, 6.07) is 11.6. The molecule has 148 valence electrons. The lowest BCUT2D eigenvalue weighted by molar-refractivity contribution is -0.113. The molecule has 1 aromatic carbocycles. The van der Waals surface area contributed by atoms with Crippen molar-refractivity contribution < 1.29 is 13.6 Å². The number of thioether (sulfide) groups is 1. The van der Waals surface area contributed by atoms with Gasteiger partial charge in [-0.15, -0.1) is 21.5 Å². The predicted molar refractivity (Wildman–Crippen MR) is 112 cm³/mol. The van der Waals surface area contributed by atoms with Gasteiger partial charge in [0, 0.05) is 5.69 Å². The van der Waals surface area contributed by atoms with E-state index < -0.39 is 5.82 Å². The van der Waals surface area contributed by atoms with Crippen LogP contribution in [-0.2, 0) is 11.3 Å². The van der Waals surface area contributed by atoms with Crippen molar-refractivity contribution in [3.63, 3.8) is 0 Å². The maximum absolute atomic E-state index is 13.3. The second-order valence-electron chi connectivity index (χ2n) is 5.91. The number of hydrogen-bond donors (Lipinski definition) is 1. The number of anilines is 1. The summed E-state index contributed by atoms with van der Waals surface area (Å²) in [5, 5.41) is 13.7. The number of amides is 1. The van der Waals surface area contributed by atoms with Crippen molar-refractivity contribution in [2.75, 3.05) is 11.1 Å². The van der Waals surface area contributed by atoms with E-state index in [1.165, 1.54) is 30.0 Å². The summed E-state index contributed by atoms with van der Waals surface area (Å²) in [5.41, 5.74) is 0.429. The molecule has 0 aliphatic rings. The number of furan rings is 1. The van der Waals surface area contributed by atoms with Gasteiger partial charge in [-0.1, -0.05) is 29.4 Å². The van der Waals surface area contributed by atoms with Crippen molar-refractivity contribution in [3.8, 4) is 10.7 Å². The van der Waals surface area contributed by atoms with Crippen molar-refractivity contribution in [1.82, 2.24) is 14.8 Å². The fourth-order valence-corrected chi connectivity index (χ4v) is 4.22. The first-order chi connectivity index (χ1) is 14.1. The maximum Gasteiger partial charge on any atom is 0.234 e. The molecule has 0 fully saturated rings. The molecule has 0 unspecified atom stereocenters. The molecule has 1 amide bonds. The van der Waals surface area contributed by atoms with Crippen molar-refractivity contribution in [2.24, 2.45) is 0 Å². The van der Waals surface area contributed by atoms with Crippen LogP contribution in [0.1, 0.15) is 5.76 Å². The summed E-state index contributed by atoms with van der Waals surface area (Å²) in [7, 11) is 0. The van der Waals surface area contributed by atoms with Crippen molar-refractivity contribution in [2.45, 2.75) is 11.7 Å².